The van der Waals surface area contributed by atoms with Crippen molar-refractivity contribution in [3.63, 3.8) is 0 Å². The van der Waals surface area contributed by atoms with Crippen molar-refractivity contribution < 1.29 is 35.9 Å². The third-order valence-electron chi connectivity index (χ3n) is 7.37. The summed E-state index contributed by atoms with van der Waals surface area (Å²) in [5, 5.41) is 5.74. The number of urea groups is 1. The zero-order valence-electron chi connectivity index (χ0n) is 23.4. The molecule has 1 saturated heterocycles. The van der Waals surface area contributed by atoms with E-state index in [1.54, 1.807) is 36.4 Å². The van der Waals surface area contributed by atoms with Gasteiger partial charge in [0.15, 0.2) is 0 Å². The molecule has 2 N–H and O–H groups in total. The molecule has 0 aromatic heterocycles. The van der Waals surface area contributed by atoms with E-state index >= 15 is 0 Å². The predicted octanol–water partition coefficient (Wildman–Crippen LogP) is 6.75. The van der Waals surface area contributed by atoms with Gasteiger partial charge in [-0.15, -0.1) is 0 Å². The number of anilines is 1. The van der Waals surface area contributed by atoms with E-state index in [4.69, 9.17) is 0 Å². The highest BCUT2D eigenvalue weighted by Crippen LogP contribution is 2.36. The maximum Gasteiger partial charge on any atom is 0.416 e. The van der Waals surface area contributed by atoms with E-state index in [0.29, 0.717) is 49.3 Å². The molecular formula is C31H32F6N4O2. The summed E-state index contributed by atoms with van der Waals surface area (Å²) in [7, 11) is 1.48. The first kappa shape index (κ1) is 31.9. The van der Waals surface area contributed by atoms with Gasteiger partial charge in [0.05, 0.1) is 11.1 Å². The summed E-state index contributed by atoms with van der Waals surface area (Å²) >= 11 is 0. The van der Waals surface area contributed by atoms with Crippen LogP contribution in [0, 0.1) is 0 Å². The first-order valence-electron chi connectivity index (χ1n) is 13.8. The third-order valence-corrected chi connectivity index (χ3v) is 7.37. The fourth-order valence-electron chi connectivity index (χ4n) is 5.10. The van der Waals surface area contributed by atoms with Gasteiger partial charge in [0.25, 0.3) is 0 Å². The van der Waals surface area contributed by atoms with Gasteiger partial charge in [-0.05, 0) is 60.7 Å². The van der Waals surface area contributed by atoms with Gasteiger partial charge in [-0.25, -0.2) is 4.79 Å². The minimum atomic E-state index is -4.95. The Morgan fingerprint density at radius 2 is 1.40 bits per heavy atom. The van der Waals surface area contributed by atoms with Gasteiger partial charge >= 0.3 is 18.4 Å². The molecule has 3 aromatic carbocycles. The fourth-order valence-corrected chi connectivity index (χ4v) is 5.10. The van der Waals surface area contributed by atoms with Gasteiger partial charge in [0.2, 0.25) is 5.91 Å². The second-order valence-electron chi connectivity index (χ2n) is 10.5. The lowest BCUT2D eigenvalue weighted by atomic mass is 9.98. The molecule has 43 heavy (non-hydrogen) atoms. The van der Waals surface area contributed by atoms with Crippen molar-refractivity contribution in [2.45, 2.75) is 43.7 Å². The van der Waals surface area contributed by atoms with E-state index in [0.717, 1.165) is 0 Å². The fraction of sp³-hybridized carbons (Fsp3) is 0.355. The highest BCUT2D eigenvalue weighted by molar-refractivity contribution is 5.89. The Bertz CT molecular complexity index is 1340. The number of likely N-dealkylation sites (N-methyl/N-ethyl adjacent to an activating group) is 1. The summed E-state index contributed by atoms with van der Waals surface area (Å²) in [6.45, 7) is 0.883. The molecule has 0 radical (unpaired) electrons. The predicted molar refractivity (Wildman–Crippen MR) is 150 cm³/mol. The van der Waals surface area contributed by atoms with Crippen LogP contribution in [-0.2, 0) is 23.6 Å². The number of alkyl halides is 6. The molecule has 0 saturated carbocycles. The van der Waals surface area contributed by atoms with Crippen molar-refractivity contribution in [3.8, 4) is 0 Å². The molecule has 1 atom stereocenters. The van der Waals surface area contributed by atoms with Gasteiger partial charge in [-0.1, -0.05) is 48.5 Å². The van der Waals surface area contributed by atoms with Crippen LogP contribution in [0.5, 0.6) is 0 Å². The number of carbonyl (C=O) groups is 2. The van der Waals surface area contributed by atoms with E-state index in [9.17, 15) is 35.9 Å². The maximum atomic E-state index is 13.7. The van der Waals surface area contributed by atoms with Gasteiger partial charge < -0.3 is 15.5 Å². The van der Waals surface area contributed by atoms with Crippen LogP contribution in [0.1, 0.15) is 41.1 Å². The lowest BCUT2D eigenvalue weighted by molar-refractivity contribution is -0.143. The smallest absolute Gasteiger partial charge is 0.344 e. The van der Waals surface area contributed by atoms with Crippen molar-refractivity contribution in [3.05, 3.63) is 101 Å². The van der Waals surface area contributed by atoms with Gasteiger partial charge in [-0.3, -0.25) is 9.69 Å². The molecule has 0 bridgehead atoms. The van der Waals surface area contributed by atoms with Gasteiger partial charge in [0, 0.05) is 38.4 Å². The zero-order valence-corrected chi connectivity index (χ0v) is 23.4. The summed E-state index contributed by atoms with van der Waals surface area (Å²) in [4.78, 5) is 29.5. The van der Waals surface area contributed by atoms with Crippen LogP contribution in [0.4, 0.5) is 36.8 Å². The highest BCUT2D eigenvalue weighted by Gasteiger charge is 2.37. The number of nitrogens with one attached hydrogen (secondary N) is 2. The molecule has 3 aromatic rings. The van der Waals surface area contributed by atoms with Crippen molar-refractivity contribution in [2.75, 3.05) is 32.0 Å². The largest absolute Gasteiger partial charge is 0.416 e. The quantitative estimate of drug-likeness (QED) is 0.279. The summed E-state index contributed by atoms with van der Waals surface area (Å²) in [5.74, 6) is -0.331. The summed E-state index contributed by atoms with van der Waals surface area (Å²) in [5.41, 5.74) is -1.57. The number of para-hydroxylation sites is 1. The Labute approximate surface area is 245 Å². The van der Waals surface area contributed by atoms with E-state index < -0.39 is 29.5 Å². The number of amides is 3. The number of halogens is 6. The average molecular weight is 607 g/mol. The molecule has 1 aliphatic rings. The van der Waals surface area contributed by atoms with E-state index in [1.165, 1.54) is 11.9 Å². The number of nitrogens with zero attached hydrogens (tertiary/aromatic N) is 2. The molecular weight excluding hydrogens is 574 g/mol. The molecule has 4 rings (SSSR count). The van der Waals surface area contributed by atoms with Crippen LogP contribution >= 0.6 is 0 Å². The molecule has 0 unspecified atom stereocenters. The molecule has 0 aliphatic carbocycles. The number of carbonyl (C=O) groups excluding carboxylic acids is 2. The minimum Gasteiger partial charge on any atom is -0.344 e. The summed E-state index contributed by atoms with van der Waals surface area (Å²) in [6, 6.07) is 18.3. The van der Waals surface area contributed by atoms with Crippen molar-refractivity contribution in [1.29, 1.82) is 0 Å². The molecule has 1 fully saturated rings. The highest BCUT2D eigenvalue weighted by atomic mass is 19.4. The molecule has 12 heteroatoms. The average Bonchev–Trinajstić information content (AvgIpc) is 2.97. The first-order chi connectivity index (χ1) is 20.3. The SMILES string of the molecule is CN(CCc1cc(C(F)(F)F)cc(C(F)(F)F)c1)C(=O)[C@H](c1ccccc1)N1CCC(NC(=O)Nc2ccccc2)CC1. The number of rotatable bonds is 8. The minimum absolute atomic E-state index is 0.0849. The van der Waals surface area contributed by atoms with Crippen LogP contribution in [-0.4, -0.2) is 54.5 Å². The van der Waals surface area contributed by atoms with Crippen LogP contribution in [0.15, 0.2) is 78.9 Å². The maximum absolute atomic E-state index is 13.7. The molecule has 1 heterocycles. The lowest BCUT2D eigenvalue weighted by Gasteiger charge is -2.38. The van der Waals surface area contributed by atoms with Crippen molar-refractivity contribution in [1.82, 2.24) is 15.1 Å². The van der Waals surface area contributed by atoms with Gasteiger partial charge in [0.1, 0.15) is 6.04 Å². The van der Waals surface area contributed by atoms with Crippen LogP contribution in [0.25, 0.3) is 0 Å². The second kappa shape index (κ2) is 13.5. The topological polar surface area (TPSA) is 64.7 Å². The number of likely N-dealkylation sites (tertiary alicyclic amines) is 1. The van der Waals surface area contributed by atoms with E-state index in [-0.39, 0.29) is 42.6 Å². The standard InChI is InChI=1S/C31H32F6N4O2/c1-40(15-12-21-18-23(30(32,33)34)20-24(19-21)31(35,36)37)28(42)27(22-8-4-2-5-9-22)41-16-13-26(14-17-41)39-29(43)38-25-10-6-3-7-11-25/h2-11,18-20,26-27H,12-17H2,1H3,(H2,38,39,43)/t27-/m0/s1. The molecule has 6 nitrogen and oxygen atoms in total. The normalized spacial score (nSPS) is 15.5. The van der Waals surface area contributed by atoms with Gasteiger partial charge in [-0.2, -0.15) is 26.3 Å². The third kappa shape index (κ3) is 8.73. The molecule has 0 spiro atoms. The van der Waals surface area contributed by atoms with Crippen molar-refractivity contribution >= 4 is 17.6 Å². The van der Waals surface area contributed by atoms with E-state index in [2.05, 4.69) is 10.6 Å². The Balaban J connectivity index is 1.42. The van der Waals surface area contributed by atoms with Crippen LogP contribution in [0.2, 0.25) is 0 Å². The first-order valence-corrected chi connectivity index (χ1v) is 13.8. The Kier molecular flexibility index (Phi) is 10.0. The number of hydrogen-bond donors (Lipinski definition) is 2. The molecule has 1 aliphatic heterocycles. The summed E-state index contributed by atoms with van der Waals surface area (Å²) in [6.07, 6.45) is -8.93. The second-order valence-corrected chi connectivity index (χ2v) is 10.5. The molecule has 3 amide bonds. The van der Waals surface area contributed by atoms with E-state index in [1.807, 2.05) is 29.2 Å². The number of piperidine rings is 1. The number of hydrogen-bond acceptors (Lipinski definition) is 3. The lowest BCUT2D eigenvalue weighted by Crippen LogP contribution is -2.50. The monoisotopic (exact) mass is 606 g/mol. The van der Waals surface area contributed by atoms with Crippen LogP contribution in [0.3, 0.4) is 0 Å². The Morgan fingerprint density at radius 1 is 0.860 bits per heavy atom. The Morgan fingerprint density at radius 3 is 1.93 bits per heavy atom. The summed E-state index contributed by atoms with van der Waals surface area (Å²) < 4.78 is 79.8. The Hall–Kier alpha value is -4.06. The zero-order chi connectivity index (χ0) is 31.2. The van der Waals surface area contributed by atoms with Crippen LogP contribution < -0.4 is 10.6 Å². The van der Waals surface area contributed by atoms with Crippen molar-refractivity contribution in [2.24, 2.45) is 0 Å². The number of benzene rings is 3. The molecule has 230 valence electrons.